The van der Waals surface area contributed by atoms with Crippen molar-refractivity contribution in [2.75, 3.05) is 25.4 Å². The molecule has 1 aromatic carbocycles. The molecule has 1 aliphatic rings. The Morgan fingerprint density at radius 3 is 2.56 bits per heavy atom. The summed E-state index contributed by atoms with van der Waals surface area (Å²) in [6.07, 6.45) is 2.70. The van der Waals surface area contributed by atoms with E-state index in [1.165, 1.54) is 4.31 Å². The molecule has 0 atom stereocenters. The first-order valence-corrected chi connectivity index (χ1v) is 10.6. The summed E-state index contributed by atoms with van der Waals surface area (Å²) in [6.45, 7) is 2.48. The van der Waals surface area contributed by atoms with Crippen LogP contribution in [0.4, 0.5) is 0 Å². The first kappa shape index (κ1) is 19.5. The Bertz CT molecular complexity index is 889. The van der Waals surface area contributed by atoms with E-state index >= 15 is 0 Å². The van der Waals surface area contributed by atoms with Crippen LogP contribution in [-0.4, -0.2) is 58.8 Å². The van der Waals surface area contributed by atoms with Crippen molar-refractivity contribution < 1.29 is 13.2 Å². The molecule has 0 aliphatic carbocycles. The summed E-state index contributed by atoms with van der Waals surface area (Å²) in [7, 11) is -1.43. The summed E-state index contributed by atoms with van der Waals surface area (Å²) in [5.74, 6) is 0.717. The Morgan fingerprint density at radius 2 is 1.96 bits per heavy atom. The Labute approximate surface area is 159 Å². The summed E-state index contributed by atoms with van der Waals surface area (Å²) in [5, 5.41) is 10.8. The molecule has 1 saturated heterocycles. The molecule has 1 fully saturated rings. The van der Waals surface area contributed by atoms with Gasteiger partial charge in [-0.2, -0.15) is 4.31 Å². The molecule has 1 aliphatic heterocycles. The fraction of sp³-hybridized carbons (Fsp3) is 0.500. The van der Waals surface area contributed by atoms with E-state index in [1.54, 1.807) is 13.3 Å². The molecule has 0 radical (unpaired) electrons. The topological polar surface area (TPSA) is 97.2 Å². The summed E-state index contributed by atoms with van der Waals surface area (Å²) in [4.78, 5) is 13.0. The van der Waals surface area contributed by atoms with Crippen molar-refractivity contribution in [1.29, 1.82) is 0 Å². The van der Waals surface area contributed by atoms with Crippen molar-refractivity contribution in [3.8, 4) is 0 Å². The molecule has 1 N–H and O–H groups in total. The van der Waals surface area contributed by atoms with Crippen molar-refractivity contribution in [2.24, 2.45) is 12.5 Å². The van der Waals surface area contributed by atoms with Crippen molar-refractivity contribution in [2.45, 2.75) is 19.8 Å². The number of aromatic nitrogens is 3. The third kappa shape index (κ3) is 4.19. The molecule has 1 amide bonds. The van der Waals surface area contributed by atoms with Crippen LogP contribution in [0.15, 0.2) is 36.7 Å². The summed E-state index contributed by atoms with van der Waals surface area (Å²) < 4.78 is 27.5. The van der Waals surface area contributed by atoms with Crippen LogP contribution in [0.3, 0.4) is 0 Å². The number of nitrogens with zero attached hydrogens (tertiary/aromatic N) is 4. The highest BCUT2D eigenvalue weighted by molar-refractivity contribution is 7.89. The highest BCUT2D eigenvalue weighted by Gasteiger charge is 2.52. The van der Waals surface area contributed by atoms with Crippen LogP contribution in [0.5, 0.6) is 0 Å². The van der Waals surface area contributed by atoms with E-state index in [0.29, 0.717) is 19.4 Å². The zero-order valence-electron chi connectivity index (χ0n) is 15.6. The standard InChI is InChI=1S/C18H25N5O3S/c1-3-27(25,26)23-12-18(13-23,11-15-7-5-4-6-8-15)17(24)19-10-9-16-21-20-14-22(16)2/h4-8,14H,3,9-13H2,1-2H3,(H,19,24). The quantitative estimate of drug-likeness (QED) is 0.701. The van der Waals surface area contributed by atoms with E-state index < -0.39 is 15.4 Å². The van der Waals surface area contributed by atoms with Crippen molar-refractivity contribution >= 4 is 15.9 Å². The Hall–Kier alpha value is -2.26. The number of carbonyl (C=O) groups is 1. The average Bonchev–Trinajstić information content (AvgIpc) is 3.03. The maximum atomic E-state index is 13.0. The molecule has 9 heteroatoms. The van der Waals surface area contributed by atoms with Gasteiger partial charge in [-0.05, 0) is 18.9 Å². The predicted molar refractivity (Wildman–Crippen MR) is 101 cm³/mol. The van der Waals surface area contributed by atoms with Crippen LogP contribution >= 0.6 is 0 Å². The van der Waals surface area contributed by atoms with Gasteiger partial charge in [-0.3, -0.25) is 4.79 Å². The Balaban J connectivity index is 1.68. The Morgan fingerprint density at radius 1 is 1.26 bits per heavy atom. The number of rotatable bonds is 8. The molecule has 2 heterocycles. The zero-order valence-corrected chi connectivity index (χ0v) is 16.4. The second-order valence-corrected chi connectivity index (χ2v) is 9.23. The number of aryl methyl sites for hydroxylation is 1. The molecule has 1 aromatic heterocycles. The number of carbonyl (C=O) groups excluding carboxylic acids is 1. The van der Waals surface area contributed by atoms with E-state index in [0.717, 1.165) is 11.4 Å². The van der Waals surface area contributed by atoms with Gasteiger partial charge in [-0.15, -0.1) is 10.2 Å². The van der Waals surface area contributed by atoms with Crippen LogP contribution in [-0.2, 0) is 34.7 Å². The highest BCUT2D eigenvalue weighted by Crippen LogP contribution is 2.36. The van der Waals surface area contributed by atoms with Crippen molar-refractivity contribution in [1.82, 2.24) is 24.4 Å². The molecular weight excluding hydrogens is 366 g/mol. The lowest BCUT2D eigenvalue weighted by atomic mass is 9.75. The van der Waals surface area contributed by atoms with Gasteiger partial charge in [-0.25, -0.2) is 8.42 Å². The minimum absolute atomic E-state index is 0.0438. The van der Waals surface area contributed by atoms with Gasteiger partial charge in [0.25, 0.3) is 0 Å². The van der Waals surface area contributed by atoms with E-state index in [-0.39, 0.29) is 24.7 Å². The minimum Gasteiger partial charge on any atom is -0.355 e. The Kier molecular flexibility index (Phi) is 5.61. The molecule has 146 valence electrons. The molecule has 3 rings (SSSR count). The number of hydrogen-bond acceptors (Lipinski definition) is 5. The molecular formula is C18H25N5O3S. The largest absolute Gasteiger partial charge is 0.355 e. The number of sulfonamides is 1. The van der Waals surface area contributed by atoms with E-state index in [9.17, 15) is 13.2 Å². The highest BCUT2D eigenvalue weighted by atomic mass is 32.2. The number of hydrogen-bond donors (Lipinski definition) is 1. The summed E-state index contributed by atoms with van der Waals surface area (Å²) in [5.41, 5.74) is 0.290. The summed E-state index contributed by atoms with van der Waals surface area (Å²) in [6, 6.07) is 9.70. The lowest BCUT2D eigenvalue weighted by Gasteiger charge is -2.47. The molecule has 0 spiro atoms. The molecule has 27 heavy (non-hydrogen) atoms. The monoisotopic (exact) mass is 391 g/mol. The third-order valence-electron chi connectivity index (χ3n) is 5.02. The molecule has 0 unspecified atom stereocenters. The van der Waals surface area contributed by atoms with Crippen LogP contribution in [0.2, 0.25) is 0 Å². The molecule has 0 saturated carbocycles. The zero-order chi connectivity index (χ0) is 19.5. The van der Waals surface area contributed by atoms with Gasteiger partial charge in [0.05, 0.1) is 11.2 Å². The van der Waals surface area contributed by atoms with Crippen LogP contribution in [0.25, 0.3) is 0 Å². The summed E-state index contributed by atoms with van der Waals surface area (Å²) >= 11 is 0. The second kappa shape index (κ2) is 7.77. The van der Waals surface area contributed by atoms with E-state index in [4.69, 9.17) is 0 Å². The first-order chi connectivity index (χ1) is 12.9. The van der Waals surface area contributed by atoms with Gasteiger partial charge in [0.15, 0.2) is 0 Å². The smallest absolute Gasteiger partial charge is 0.229 e. The minimum atomic E-state index is -3.29. The van der Waals surface area contributed by atoms with Gasteiger partial charge in [0, 0.05) is 33.1 Å². The average molecular weight is 391 g/mol. The molecule has 0 bridgehead atoms. The molecule has 8 nitrogen and oxygen atoms in total. The molecule has 2 aromatic rings. The first-order valence-electron chi connectivity index (χ1n) is 8.99. The van der Waals surface area contributed by atoms with Gasteiger partial charge in [-0.1, -0.05) is 30.3 Å². The van der Waals surface area contributed by atoms with Crippen LogP contribution < -0.4 is 5.32 Å². The van der Waals surface area contributed by atoms with Crippen LogP contribution in [0, 0.1) is 5.41 Å². The third-order valence-corrected chi connectivity index (χ3v) is 6.80. The van der Waals surface area contributed by atoms with E-state index in [1.807, 2.05) is 41.9 Å². The lowest BCUT2D eigenvalue weighted by Crippen LogP contribution is -2.65. The van der Waals surface area contributed by atoms with Crippen molar-refractivity contribution in [3.63, 3.8) is 0 Å². The van der Waals surface area contributed by atoms with Gasteiger partial charge in [0.2, 0.25) is 15.9 Å². The van der Waals surface area contributed by atoms with Gasteiger partial charge >= 0.3 is 0 Å². The fourth-order valence-corrected chi connectivity index (χ4v) is 4.59. The SMILES string of the molecule is CCS(=O)(=O)N1CC(Cc2ccccc2)(C(=O)NCCc2nncn2C)C1. The number of benzene rings is 1. The maximum Gasteiger partial charge on any atom is 0.229 e. The van der Waals surface area contributed by atoms with E-state index in [2.05, 4.69) is 15.5 Å². The fourth-order valence-electron chi connectivity index (χ4n) is 3.34. The number of amides is 1. The predicted octanol–water partition coefficient (Wildman–Crippen LogP) is 0.368. The van der Waals surface area contributed by atoms with Crippen LogP contribution in [0.1, 0.15) is 18.3 Å². The van der Waals surface area contributed by atoms with Crippen molar-refractivity contribution in [3.05, 3.63) is 48.0 Å². The second-order valence-electron chi connectivity index (χ2n) is 6.98. The lowest BCUT2D eigenvalue weighted by molar-refractivity contribution is -0.137. The number of nitrogens with one attached hydrogen (secondary N) is 1. The van der Waals surface area contributed by atoms with Gasteiger partial charge < -0.3 is 9.88 Å². The maximum absolute atomic E-state index is 13.0. The normalized spacial score (nSPS) is 16.7. The van der Waals surface area contributed by atoms with Gasteiger partial charge in [0.1, 0.15) is 12.2 Å².